The maximum Gasteiger partial charge on any atom is 0.191 e. The fourth-order valence-corrected chi connectivity index (χ4v) is 3.38. The molecule has 138 valence electrons. The van der Waals surface area contributed by atoms with E-state index in [0.717, 1.165) is 40.9 Å². The van der Waals surface area contributed by atoms with E-state index in [2.05, 4.69) is 33.6 Å². The van der Waals surface area contributed by atoms with E-state index in [0.29, 0.717) is 13.2 Å². The molecule has 0 radical (unpaired) electrons. The van der Waals surface area contributed by atoms with Crippen LogP contribution in [0.15, 0.2) is 29.3 Å². The average molecular weight is 474 g/mol. The van der Waals surface area contributed by atoms with Gasteiger partial charge in [0.15, 0.2) is 5.96 Å². The summed E-state index contributed by atoms with van der Waals surface area (Å²) >= 11 is 1.76. The molecule has 7 heteroatoms. The fraction of sp³-hybridized carbons (Fsp3) is 0.444. The lowest BCUT2D eigenvalue weighted by atomic mass is 10.2. The highest BCUT2D eigenvalue weighted by Crippen LogP contribution is 2.18. The second-order valence-electron chi connectivity index (χ2n) is 5.38. The number of halogens is 1. The van der Waals surface area contributed by atoms with Gasteiger partial charge >= 0.3 is 0 Å². The number of ether oxygens (including phenoxy) is 1. The summed E-state index contributed by atoms with van der Waals surface area (Å²) in [5.74, 6) is 1.71. The molecular formula is C18H27IN4OS. The van der Waals surface area contributed by atoms with Gasteiger partial charge in [0.1, 0.15) is 5.75 Å². The van der Waals surface area contributed by atoms with Crippen molar-refractivity contribution in [1.82, 2.24) is 15.6 Å². The van der Waals surface area contributed by atoms with Crippen molar-refractivity contribution >= 4 is 41.3 Å². The Morgan fingerprint density at radius 2 is 2.00 bits per heavy atom. The monoisotopic (exact) mass is 474 g/mol. The summed E-state index contributed by atoms with van der Waals surface area (Å²) in [5.41, 5.74) is 2.25. The molecule has 2 aromatic rings. The van der Waals surface area contributed by atoms with Gasteiger partial charge in [0.05, 0.1) is 17.3 Å². The number of thiazole rings is 1. The Bertz CT molecular complexity index is 687. The molecule has 5 nitrogen and oxygen atoms in total. The van der Waals surface area contributed by atoms with Crippen LogP contribution in [0.5, 0.6) is 5.75 Å². The third kappa shape index (κ3) is 6.81. The molecule has 2 N–H and O–H groups in total. The Balaban J connectivity index is 0.00000312. The predicted octanol–water partition coefficient (Wildman–Crippen LogP) is 3.68. The van der Waals surface area contributed by atoms with E-state index >= 15 is 0 Å². The van der Waals surface area contributed by atoms with Gasteiger partial charge in [-0.2, -0.15) is 0 Å². The van der Waals surface area contributed by atoms with Crippen LogP contribution >= 0.6 is 35.3 Å². The van der Waals surface area contributed by atoms with E-state index in [1.165, 1.54) is 4.88 Å². The first-order valence-electron chi connectivity index (χ1n) is 8.22. The zero-order valence-corrected chi connectivity index (χ0v) is 18.4. The number of aryl methyl sites for hydroxylation is 2. The summed E-state index contributed by atoms with van der Waals surface area (Å²) < 4.78 is 5.65. The molecule has 1 aromatic carbocycles. The first-order valence-corrected chi connectivity index (χ1v) is 9.03. The van der Waals surface area contributed by atoms with Crippen molar-refractivity contribution in [3.63, 3.8) is 0 Å². The minimum Gasteiger partial charge on any atom is -0.494 e. The van der Waals surface area contributed by atoms with Crippen molar-refractivity contribution < 1.29 is 4.74 Å². The lowest BCUT2D eigenvalue weighted by molar-refractivity contribution is 0.336. The lowest BCUT2D eigenvalue weighted by Crippen LogP contribution is -2.37. The van der Waals surface area contributed by atoms with Crippen LogP contribution in [-0.4, -0.2) is 31.1 Å². The zero-order valence-electron chi connectivity index (χ0n) is 15.3. The van der Waals surface area contributed by atoms with E-state index < -0.39 is 0 Å². The van der Waals surface area contributed by atoms with E-state index in [1.807, 2.05) is 32.0 Å². The number of nitrogens with zero attached hydrogens (tertiary/aromatic N) is 2. The standard InChI is InChI=1S/C18H26N4OS.HI/c1-5-23-16-9-7-6-8-15(16)12-21-18(19-4)20-11-10-17-13(2)22-14(3)24-17;/h6-9H,5,10-12H2,1-4H3,(H2,19,20,21);1H. The first kappa shape index (κ1) is 21.7. The number of rotatable bonds is 7. The molecule has 1 aromatic heterocycles. The molecular weight excluding hydrogens is 447 g/mol. The predicted molar refractivity (Wildman–Crippen MR) is 117 cm³/mol. The SMILES string of the molecule is CCOc1ccccc1CNC(=NC)NCCc1sc(C)nc1C.I. The van der Waals surface area contributed by atoms with Gasteiger partial charge in [-0.05, 0) is 26.8 Å². The average Bonchev–Trinajstić information content (AvgIpc) is 2.90. The molecule has 0 spiro atoms. The summed E-state index contributed by atoms with van der Waals surface area (Å²) in [7, 11) is 1.78. The number of aliphatic imine (C=N–C) groups is 1. The van der Waals surface area contributed by atoms with E-state index in [4.69, 9.17) is 4.74 Å². The normalized spacial score (nSPS) is 11.0. The molecule has 0 unspecified atom stereocenters. The number of aromatic nitrogens is 1. The summed E-state index contributed by atoms with van der Waals surface area (Å²) in [5, 5.41) is 7.81. The first-order chi connectivity index (χ1) is 11.6. The van der Waals surface area contributed by atoms with E-state index in [1.54, 1.807) is 18.4 Å². The molecule has 0 aliphatic carbocycles. The van der Waals surface area contributed by atoms with Gasteiger partial charge in [-0.15, -0.1) is 35.3 Å². The van der Waals surface area contributed by atoms with E-state index in [9.17, 15) is 0 Å². The highest BCUT2D eigenvalue weighted by molar-refractivity contribution is 14.0. The second kappa shape index (κ2) is 11.3. The van der Waals surface area contributed by atoms with Crippen molar-refractivity contribution in [1.29, 1.82) is 0 Å². The molecule has 0 aliphatic heterocycles. The molecule has 0 amide bonds. The van der Waals surface area contributed by atoms with Gasteiger partial charge in [-0.3, -0.25) is 4.99 Å². The summed E-state index contributed by atoms with van der Waals surface area (Å²) in [4.78, 5) is 10.1. The number of guanidine groups is 1. The molecule has 1 heterocycles. The van der Waals surface area contributed by atoms with Gasteiger partial charge in [0, 0.05) is 37.0 Å². The summed E-state index contributed by atoms with van der Waals surface area (Å²) in [6, 6.07) is 8.06. The van der Waals surface area contributed by atoms with Gasteiger partial charge in [-0.25, -0.2) is 4.98 Å². The lowest BCUT2D eigenvalue weighted by Gasteiger charge is -2.14. The van der Waals surface area contributed by atoms with Crippen LogP contribution in [0.1, 0.15) is 28.1 Å². The van der Waals surface area contributed by atoms with Crippen LogP contribution in [0, 0.1) is 13.8 Å². The molecule has 2 rings (SSSR count). The van der Waals surface area contributed by atoms with Crippen molar-refractivity contribution in [2.45, 2.75) is 33.7 Å². The Labute approximate surface area is 171 Å². The largest absolute Gasteiger partial charge is 0.494 e. The van der Waals surface area contributed by atoms with Crippen LogP contribution in [0.2, 0.25) is 0 Å². The van der Waals surface area contributed by atoms with Gasteiger partial charge in [0.2, 0.25) is 0 Å². The summed E-state index contributed by atoms with van der Waals surface area (Å²) in [6.45, 7) is 8.27. The van der Waals surface area contributed by atoms with Crippen molar-refractivity contribution in [3.05, 3.63) is 45.4 Å². The van der Waals surface area contributed by atoms with Crippen LogP contribution < -0.4 is 15.4 Å². The van der Waals surface area contributed by atoms with Gasteiger partial charge in [0.25, 0.3) is 0 Å². The molecule has 0 atom stereocenters. The number of nitrogens with one attached hydrogen (secondary N) is 2. The maximum atomic E-state index is 5.65. The topological polar surface area (TPSA) is 58.5 Å². The summed E-state index contributed by atoms with van der Waals surface area (Å²) in [6.07, 6.45) is 0.952. The fourth-order valence-electron chi connectivity index (χ4n) is 2.45. The van der Waals surface area contributed by atoms with Crippen LogP contribution in [0.4, 0.5) is 0 Å². The highest BCUT2D eigenvalue weighted by atomic mass is 127. The minimum atomic E-state index is 0. The number of benzene rings is 1. The zero-order chi connectivity index (χ0) is 17.4. The molecule has 0 fully saturated rings. The number of hydrogen-bond acceptors (Lipinski definition) is 4. The van der Waals surface area contributed by atoms with Crippen molar-refractivity contribution in [3.8, 4) is 5.75 Å². The van der Waals surface area contributed by atoms with Crippen molar-refractivity contribution in [2.75, 3.05) is 20.2 Å². The molecule has 25 heavy (non-hydrogen) atoms. The molecule has 0 aliphatic rings. The highest BCUT2D eigenvalue weighted by Gasteiger charge is 2.06. The van der Waals surface area contributed by atoms with Crippen LogP contribution in [0.25, 0.3) is 0 Å². The molecule has 0 bridgehead atoms. The van der Waals surface area contributed by atoms with Gasteiger partial charge < -0.3 is 15.4 Å². The van der Waals surface area contributed by atoms with Gasteiger partial charge in [-0.1, -0.05) is 18.2 Å². The molecule has 0 saturated heterocycles. The quantitative estimate of drug-likeness (QED) is 0.365. The Kier molecular flexibility index (Phi) is 9.81. The number of para-hydroxylation sites is 1. The van der Waals surface area contributed by atoms with Crippen LogP contribution in [0.3, 0.4) is 0 Å². The molecule has 0 saturated carbocycles. The van der Waals surface area contributed by atoms with Crippen molar-refractivity contribution in [2.24, 2.45) is 4.99 Å². The number of hydrogen-bond donors (Lipinski definition) is 2. The van der Waals surface area contributed by atoms with Crippen LogP contribution in [-0.2, 0) is 13.0 Å². The minimum absolute atomic E-state index is 0. The maximum absolute atomic E-state index is 5.65. The Morgan fingerprint density at radius 3 is 2.64 bits per heavy atom. The van der Waals surface area contributed by atoms with E-state index in [-0.39, 0.29) is 24.0 Å². The second-order valence-corrected chi connectivity index (χ2v) is 6.67. The Hall–Kier alpha value is -1.35. The third-order valence-corrected chi connectivity index (χ3v) is 4.72. The Morgan fingerprint density at radius 1 is 1.24 bits per heavy atom. The smallest absolute Gasteiger partial charge is 0.191 e. The third-order valence-electron chi connectivity index (χ3n) is 3.59.